The average Bonchev–Trinajstić information content (AvgIpc) is 3.38. The molecule has 1 aromatic carbocycles. The molecule has 2 aliphatic rings. The highest BCUT2D eigenvalue weighted by molar-refractivity contribution is 7.13. The van der Waals surface area contributed by atoms with E-state index in [4.69, 9.17) is 9.47 Å². The van der Waals surface area contributed by atoms with E-state index in [1.165, 1.54) is 11.3 Å². The Bertz CT molecular complexity index is 909. The lowest BCUT2D eigenvalue weighted by Gasteiger charge is -2.28. The van der Waals surface area contributed by atoms with E-state index in [0.717, 1.165) is 5.56 Å². The van der Waals surface area contributed by atoms with Crippen LogP contribution >= 0.6 is 11.3 Å². The van der Waals surface area contributed by atoms with Crippen LogP contribution in [0.2, 0.25) is 0 Å². The summed E-state index contributed by atoms with van der Waals surface area (Å²) in [6, 6.07) is 5.55. The normalized spacial score (nSPS) is 21.1. The lowest BCUT2D eigenvalue weighted by molar-refractivity contribution is -0.150. The van der Waals surface area contributed by atoms with Gasteiger partial charge in [-0.15, -0.1) is 11.3 Å². The molecule has 1 N–H and O–H groups in total. The second-order valence-electron chi connectivity index (χ2n) is 7.20. The summed E-state index contributed by atoms with van der Waals surface area (Å²) in [6.07, 6.45) is 0.463. The number of likely N-dealkylation sites (tertiary alicyclic amines) is 1. The highest BCUT2D eigenvalue weighted by atomic mass is 32.1. The van der Waals surface area contributed by atoms with Crippen molar-refractivity contribution in [3.05, 3.63) is 29.3 Å². The summed E-state index contributed by atoms with van der Waals surface area (Å²) in [7, 11) is 0. The van der Waals surface area contributed by atoms with E-state index >= 15 is 0 Å². The third kappa shape index (κ3) is 2.93. The first-order chi connectivity index (χ1) is 12.9. The van der Waals surface area contributed by atoms with Gasteiger partial charge in [0.15, 0.2) is 11.5 Å². The van der Waals surface area contributed by atoms with Crippen LogP contribution in [0.3, 0.4) is 0 Å². The molecule has 27 heavy (non-hydrogen) atoms. The molecule has 0 radical (unpaired) electrons. The van der Waals surface area contributed by atoms with Crippen LogP contribution in [0.25, 0.3) is 10.6 Å². The number of nitrogens with zero attached hydrogens (tertiary/aromatic N) is 2. The van der Waals surface area contributed by atoms with Crippen molar-refractivity contribution in [2.24, 2.45) is 11.3 Å². The molecule has 1 saturated heterocycles. The Labute approximate surface area is 160 Å². The molecule has 2 aliphatic heterocycles. The van der Waals surface area contributed by atoms with E-state index in [9.17, 15) is 14.7 Å². The summed E-state index contributed by atoms with van der Waals surface area (Å²) in [5.41, 5.74) is 0.315. The van der Waals surface area contributed by atoms with E-state index in [1.54, 1.807) is 10.3 Å². The van der Waals surface area contributed by atoms with Crippen molar-refractivity contribution in [1.29, 1.82) is 0 Å². The quantitative estimate of drug-likeness (QED) is 0.866. The Morgan fingerprint density at radius 3 is 2.78 bits per heavy atom. The van der Waals surface area contributed by atoms with Gasteiger partial charge in [0.2, 0.25) is 6.79 Å². The maximum atomic E-state index is 12.8. The molecule has 4 rings (SSSR count). The van der Waals surface area contributed by atoms with Gasteiger partial charge >= 0.3 is 5.97 Å². The molecule has 7 nitrogen and oxygen atoms in total. The summed E-state index contributed by atoms with van der Waals surface area (Å²) < 4.78 is 10.7. The fraction of sp³-hybridized carbons (Fsp3) is 0.421. The number of carboxylic acid groups (broad SMARTS) is 1. The molecular weight excluding hydrogens is 368 g/mol. The highest BCUT2D eigenvalue weighted by Crippen LogP contribution is 2.39. The van der Waals surface area contributed by atoms with Gasteiger partial charge in [0, 0.05) is 24.0 Å². The number of aromatic nitrogens is 1. The number of aliphatic carboxylic acids is 1. The minimum absolute atomic E-state index is 0.0487. The second kappa shape index (κ2) is 6.53. The van der Waals surface area contributed by atoms with E-state index in [1.807, 2.05) is 32.0 Å². The molecule has 142 valence electrons. The molecule has 0 bridgehead atoms. The molecule has 1 fully saturated rings. The first-order valence-corrected chi connectivity index (χ1v) is 9.67. The summed E-state index contributed by atoms with van der Waals surface area (Å²) in [5, 5.41) is 12.1. The van der Waals surface area contributed by atoms with Gasteiger partial charge in [-0.25, -0.2) is 4.98 Å². The van der Waals surface area contributed by atoms with Crippen molar-refractivity contribution in [2.75, 3.05) is 19.9 Å². The van der Waals surface area contributed by atoms with E-state index in [-0.39, 0.29) is 25.2 Å². The van der Waals surface area contributed by atoms with Crippen LogP contribution in [0.1, 0.15) is 30.8 Å². The zero-order valence-corrected chi connectivity index (χ0v) is 15.9. The number of hydrogen-bond acceptors (Lipinski definition) is 6. The number of rotatable bonds is 4. The monoisotopic (exact) mass is 388 g/mol. The number of carbonyl (C=O) groups excluding carboxylic acids is 1. The second-order valence-corrected chi connectivity index (χ2v) is 8.06. The molecule has 0 aliphatic carbocycles. The predicted octanol–water partition coefficient (Wildman–Crippen LogP) is 3.11. The maximum Gasteiger partial charge on any atom is 0.311 e. The number of ether oxygens (including phenoxy) is 2. The van der Waals surface area contributed by atoms with Gasteiger partial charge in [0.25, 0.3) is 5.91 Å². The van der Waals surface area contributed by atoms with Crippen LogP contribution in [0, 0.1) is 11.3 Å². The Morgan fingerprint density at radius 2 is 2.07 bits per heavy atom. The van der Waals surface area contributed by atoms with Crippen molar-refractivity contribution >= 4 is 23.2 Å². The number of carboxylic acids is 1. The van der Waals surface area contributed by atoms with Crippen LogP contribution < -0.4 is 9.47 Å². The lowest BCUT2D eigenvalue weighted by Crippen LogP contribution is -2.40. The summed E-state index contributed by atoms with van der Waals surface area (Å²) in [5.74, 6) is 0.252. The van der Waals surface area contributed by atoms with Crippen molar-refractivity contribution in [1.82, 2.24) is 9.88 Å². The van der Waals surface area contributed by atoms with Crippen LogP contribution in [0.5, 0.6) is 11.5 Å². The van der Waals surface area contributed by atoms with Gasteiger partial charge in [0.1, 0.15) is 10.7 Å². The highest BCUT2D eigenvalue weighted by Gasteiger charge is 2.48. The van der Waals surface area contributed by atoms with Crippen LogP contribution in [0.4, 0.5) is 0 Å². The zero-order valence-electron chi connectivity index (χ0n) is 15.1. The van der Waals surface area contributed by atoms with Gasteiger partial charge in [-0.3, -0.25) is 9.59 Å². The first-order valence-electron chi connectivity index (χ1n) is 8.79. The Morgan fingerprint density at radius 1 is 1.30 bits per heavy atom. The topological polar surface area (TPSA) is 89.0 Å². The first kappa shape index (κ1) is 17.8. The number of amides is 1. The van der Waals surface area contributed by atoms with E-state index in [0.29, 0.717) is 35.2 Å². The van der Waals surface area contributed by atoms with E-state index < -0.39 is 11.4 Å². The Hall–Kier alpha value is -2.61. The molecule has 1 unspecified atom stereocenters. The predicted molar refractivity (Wildman–Crippen MR) is 99.1 cm³/mol. The van der Waals surface area contributed by atoms with Gasteiger partial charge in [0.05, 0.1) is 5.41 Å². The number of hydrogen-bond donors (Lipinski definition) is 1. The fourth-order valence-corrected chi connectivity index (χ4v) is 4.39. The molecule has 2 aromatic rings. The van der Waals surface area contributed by atoms with Gasteiger partial charge in [-0.1, -0.05) is 13.8 Å². The number of fused-ring (bicyclic) bond motifs is 1. The minimum atomic E-state index is -0.883. The molecule has 1 atom stereocenters. The SMILES string of the molecule is CC(C)C1(C(=O)O)CCN(C(=O)c2csc(-c3ccc4c(c3)OCO4)n2)C1. The van der Waals surface area contributed by atoms with Crippen molar-refractivity contribution < 1.29 is 24.2 Å². The fourth-order valence-electron chi connectivity index (χ4n) is 3.60. The standard InChI is InChI=1S/C19H20N2O5S/c1-11(2)19(18(23)24)5-6-21(9-19)17(22)13-8-27-16(20-13)12-3-4-14-15(7-12)26-10-25-14/h3-4,7-8,11H,5-6,9-10H2,1-2H3,(H,23,24). The Kier molecular flexibility index (Phi) is 4.30. The maximum absolute atomic E-state index is 12.8. The Balaban J connectivity index is 1.54. The molecule has 1 amide bonds. The average molecular weight is 388 g/mol. The number of thiazole rings is 1. The largest absolute Gasteiger partial charge is 0.481 e. The van der Waals surface area contributed by atoms with E-state index in [2.05, 4.69) is 4.98 Å². The lowest BCUT2D eigenvalue weighted by atomic mass is 9.76. The van der Waals surface area contributed by atoms with Gasteiger partial charge in [-0.05, 0) is 30.5 Å². The van der Waals surface area contributed by atoms with Crippen molar-refractivity contribution in [3.8, 4) is 22.1 Å². The zero-order chi connectivity index (χ0) is 19.2. The summed E-state index contributed by atoms with van der Waals surface area (Å²) in [4.78, 5) is 30.7. The molecule has 1 aromatic heterocycles. The number of benzene rings is 1. The third-order valence-electron chi connectivity index (χ3n) is 5.46. The summed E-state index contributed by atoms with van der Waals surface area (Å²) in [6.45, 7) is 4.64. The van der Waals surface area contributed by atoms with Gasteiger partial charge in [-0.2, -0.15) is 0 Å². The smallest absolute Gasteiger partial charge is 0.311 e. The van der Waals surface area contributed by atoms with Crippen LogP contribution in [0.15, 0.2) is 23.6 Å². The van der Waals surface area contributed by atoms with Crippen molar-refractivity contribution in [3.63, 3.8) is 0 Å². The molecule has 3 heterocycles. The summed E-state index contributed by atoms with van der Waals surface area (Å²) >= 11 is 1.38. The molecule has 0 saturated carbocycles. The molecule has 8 heteroatoms. The van der Waals surface area contributed by atoms with Gasteiger partial charge < -0.3 is 19.5 Å². The number of carbonyl (C=O) groups is 2. The minimum Gasteiger partial charge on any atom is -0.481 e. The third-order valence-corrected chi connectivity index (χ3v) is 6.35. The molecule has 0 spiro atoms. The van der Waals surface area contributed by atoms with Crippen LogP contribution in [-0.2, 0) is 4.79 Å². The van der Waals surface area contributed by atoms with Crippen molar-refractivity contribution in [2.45, 2.75) is 20.3 Å². The molecular formula is C19H20N2O5S. The van der Waals surface area contributed by atoms with Crippen LogP contribution in [-0.4, -0.2) is 46.7 Å².